The summed E-state index contributed by atoms with van der Waals surface area (Å²) >= 11 is 14.3. The van der Waals surface area contributed by atoms with Crippen LogP contribution in [0.3, 0.4) is 0 Å². The molecule has 154 valence electrons. The Morgan fingerprint density at radius 3 is 2.47 bits per heavy atom. The van der Waals surface area contributed by atoms with Crippen LogP contribution in [-0.2, 0) is 16.0 Å². The van der Waals surface area contributed by atoms with Gasteiger partial charge in [0, 0.05) is 5.02 Å². The summed E-state index contributed by atoms with van der Waals surface area (Å²) in [5, 5.41) is 5.10. The first-order chi connectivity index (χ1) is 14.4. The molecule has 0 unspecified atom stereocenters. The maximum Gasteiger partial charge on any atom is 0.276 e. The Labute approximate surface area is 192 Å². The molecule has 30 heavy (non-hydrogen) atoms. The van der Waals surface area contributed by atoms with Gasteiger partial charge in [-0.1, -0.05) is 54.1 Å². The molecule has 0 aliphatic heterocycles. The molecule has 9 heteroatoms. The topological polar surface area (TPSA) is 79.5 Å². The lowest BCUT2D eigenvalue weighted by Crippen LogP contribution is -2.49. The number of amides is 2. The largest absolute Gasteiger partial charge is 0.483 e. The summed E-state index contributed by atoms with van der Waals surface area (Å²) in [6.45, 7) is -0.231. The van der Waals surface area contributed by atoms with Gasteiger partial charge in [0.1, 0.15) is 5.75 Å². The van der Waals surface area contributed by atoms with Crippen LogP contribution in [-0.4, -0.2) is 23.5 Å². The van der Waals surface area contributed by atoms with Crippen molar-refractivity contribution in [3.63, 3.8) is 0 Å². The minimum absolute atomic E-state index is 0.0193. The molecular weight excluding hydrogens is 490 g/mol. The fraction of sp³-hybridized carbons (Fsp3) is 0.0952. The van der Waals surface area contributed by atoms with E-state index in [1.54, 1.807) is 30.3 Å². The van der Waals surface area contributed by atoms with E-state index >= 15 is 0 Å². The Morgan fingerprint density at radius 1 is 0.967 bits per heavy atom. The smallest absolute Gasteiger partial charge is 0.276 e. The van der Waals surface area contributed by atoms with Gasteiger partial charge in [-0.15, -0.1) is 0 Å². The molecule has 0 aliphatic rings. The second kappa shape index (κ2) is 10.4. The van der Waals surface area contributed by atoms with Crippen LogP contribution in [0.2, 0.25) is 5.02 Å². The van der Waals surface area contributed by atoms with Crippen molar-refractivity contribution in [3.05, 3.63) is 75.7 Å². The lowest BCUT2D eigenvalue weighted by Gasteiger charge is -2.12. The van der Waals surface area contributed by atoms with E-state index in [4.69, 9.17) is 28.6 Å². The number of fused-ring (bicyclic) bond motifs is 1. The monoisotopic (exact) mass is 505 g/mol. The van der Waals surface area contributed by atoms with E-state index in [1.165, 1.54) is 0 Å². The molecule has 0 saturated heterocycles. The van der Waals surface area contributed by atoms with Gasteiger partial charge in [-0.25, -0.2) is 0 Å². The SMILES string of the molecule is O=C(COc1ccc2ccccc2c1Br)NNC(=S)NC(=O)Cc1ccc(Cl)cc1. The van der Waals surface area contributed by atoms with Crippen LogP contribution in [0, 0.1) is 0 Å². The highest BCUT2D eigenvalue weighted by molar-refractivity contribution is 9.10. The Kier molecular flexibility index (Phi) is 7.62. The normalized spacial score (nSPS) is 10.3. The van der Waals surface area contributed by atoms with Crippen molar-refractivity contribution in [2.75, 3.05) is 6.61 Å². The Hall–Kier alpha value is -2.68. The van der Waals surface area contributed by atoms with Gasteiger partial charge in [0.15, 0.2) is 11.7 Å². The molecule has 0 heterocycles. The number of thiocarbonyl (C=S) groups is 1. The van der Waals surface area contributed by atoms with Gasteiger partial charge in [-0.2, -0.15) is 0 Å². The summed E-state index contributed by atoms with van der Waals surface area (Å²) in [5.41, 5.74) is 5.65. The third-order valence-electron chi connectivity index (χ3n) is 4.03. The number of rotatable bonds is 5. The minimum atomic E-state index is -0.454. The Balaban J connectivity index is 1.43. The van der Waals surface area contributed by atoms with Gasteiger partial charge in [0.05, 0.1) is 10.9 Å². The second-order valence-electron chi connectivity index (χ2n) is 6.24. The summed E-state index contributed by atoms with van der Waals surface area (Å²) in [6.07, 6.45) is 0.131. The van der Waals surface area contributed by atoms with Crippen molar-refractivity contribution in [1.29, 1.82) is 0 Å². The summed E-state index contributed by atoms with van der Waals surface area (Å²) in [7, 11) is 0. The van der Waals surface area contributed by atoms with Crippen molar-refractivity contribution in [2.24, 2.45) is 0 Å². The van der Waals surface area contributed by atoms with Crippen LogP contribution >= 0.6 is 39.7 Å². The van der Waals surface area contributed by atoms with E-state index in [0.717, 1.165) is 20.8 Å². The number of hydrogen-bond acceptors (Lipinski definition) is 4. The molecule has 0 aromatic heterocycles. The second-order valence-corrected chi connectivity index (χ2v) is 7.88. The molecule has 2 amide bonds. The number of carbonyl (C=O) groups excluding carboxylic acids is 2. The van der Waals surface area contributed by atoms with Crippen LogP contribution in [0.4, 0.5) is 0 Å². The zero-order valence-electron chi connectivity index (χ0n) is 15.6. The zero-order chi connectivity index (χ0) is 21.5. The van der Waals surface area contributed by atoms with E-state index in [1.807, 2.05) is 30.3 Å². The Bertz CT molecular complexity index is 1090. The summed E-state index contributed by atoms with van der Waals surface area (Å²) < 4.78 is 6.34. The van der Waals surface area contributed by atoms with E-state index in [9.17, 15) is 9.59 Å². The predicted molar refractivity (Wildman–Crippen MR) is 124 cm³/mol. The number of benzene rings is 3. The molecule has 6 nitrogen and oxygen atoms in total. The average molecular weight is 507 g/mol. The first-order valence-corrected chi connectivity index (χ1v) is 10.4. The van der Waals surface area contributed by atoms with Gasteiger partial charge in [-0.05, 0) is 62.7 Å². The fourth-order valence-corrected chi connectivity index (χ4v) is 3.52. The third-order valence-corrected chi connectivity index (χ3v) is 5.31. The van der Waals surface area contributed by atoms with Crippen LogP contribution < -0.4 is 20.9 Å². The molecule has 0 saturated carbocycles. The predicted octanol–water partition coefficient (Wildman–Crippen LogP) is 3.90. The van der Waals surface area contributed by atoms with Gasteiger partial charge in [0.25, 0.3) is 5.91 Å². The zero-order valence-corrected chi connectivity index (χ0v) is 18.7. The van der Waals surface area contributed by atoms with Gasteiger partial charge >= 0.3 is 0 Å². The minimum Gasteiger partial charge on any atom is -0.483 e. The number of ether oxygens (including phenoxy) is 1. The van der Waals surface area contributed by atoms with E-state index in [2.05, 4.69) is 32.1 Å². The first-order valence-electron chi connectivity index (χ1n) is 8.85. The molecule has 0 radical (unpaired) electrons. The van der Waals surface area contributed by atoms with Gasteiger partial charge in [0.2, 0.25) is 5.91 Å². The van der Waals surface area contributed by atoms with Crippen molar-refractivity contribution in [1.82, 2.24) is 16.2 Å². The van der Waals surface area contributed by atoms with Crippen molar-refractivity contribution < 1.29 is 14.3 Å². The van der Waals surface area contributed by atoms with Crippen LogP contribution in [0.25, 0.3) is 10.8 Å². The third kappa shape index (κ3) is 6.16. The highest BCUT2D eigenvalue weighted by atomic mass is 79.9. The number of halogens is 2. The number of nitrogens with one attached hydrogen (secondary N) is 3. The Morgan fingerprint density at radius 2 is 1.70 bits per heavy atom. The van der Waals surface area contributed by atoms with E-state index in [0.29, 0.717) is 10.8 Å². The lowest BCUT2D eigenvalue weighted by atomic mass is 10.1. The molecular formula is C21H17BrClN3O3S. The average Bonchev–Trinajstić information content (AvgIpc) is 2.73. The maximum absolute atomic E-state index is 12.0. The van der Waals surface area contributed by atoms with Crippen LogP contribution in [0.5, 0.6) is 5.75 Å². The van der Waals surface area contributed by atoms with Crippen molar-refractivity contribution in [2.45, 2.75) is 6.42 Å². The molecule has 3 rings (SSSR count). The maximum atomic E-state index is 12.0. The fourth-order valence-electron chi connectivity index (χ4n) is 2.62. The standard InChI is InChI=1S/C21H17BrClN3O3S/c22-20-16-4-2-1-3-14(16)7-10-17(20)29-12-19(28)25-26-21(30)24-18(27)11-13-5-8-15(23)9-6-13/h1-10H,11-12H2,(H,25,28)(H2,24,26,27,30). The molecule has 0 aliphatic carbocycles. The van der Waals surface area contributed by atoms with Gasteiger partial charge in [-0.3, -0.25) is 20.4 Å². The quantitative estimate of drug-likeness (QED) is 0.361. The molecule has 0 atom stereocenters. The molecule has 3 aromatic rings. The molecule has 0 bridgehead atoms. The molecule has 0 spiro atoms. The van der Waals surface area contributed by atoms with Crippen molar-refractivity contribution in [3.8, 4) is 5.75 Å². The van der Waals surface area contributed by atoms with Crippen LogP contribution in [0.15, 0.2) is 65.1 Å². The number of carbonyl (C=O) groups is 2. The van der Waals surface area contributed by atoms with Crippen LogP contribution in [0.1, 0.15) is 5.56 Å². The highest BCUT2D eigenvalue weighted by Gasteiger charge is 2.10. The number of hydrazine groups is 1. The number of hydrogen-bond donors (Lipinski definition) is 3. The van der Waals surface area contributed by atoms with Gasteiger partial charge < -0.3 is 10.1 Å². The summed E-state index contributed by atoms with van der Waals surface area (Å²) in [5.74, 6) is -0.229. The molecule has 0 fully saturated rings. The molecule has 3 N–H and O–H groups in total. The summed E-state index contributed by atoms with van der Waals surface area (Å²) in [4.78, 5) is 24.0. The van der Waals surface area contributed by atoms with E-state index < -0.39 is 5.91 Å². The van der Waals surface area contributed by atoms with E-state index in [-0.39, 0.29) is 24.0 Å². The summed E-state index contributed by atoms with van der Waals surface area (Å²) in [6, 6.07) is 18.4. The molecule has 3 aromatic carbocycles. The lowest BCUT2D eigenvalue weighted by molar-refractivity contribution is -0.124. The van der Waals surface area contributed by atoms with Crippen molar-refractivity contribution >= 4 is 67.4 Å². The first kappa shape index (κ1) is 22.0. The highest BCUT2D eigenvalue weighted by Crippen LogP contribution is 2.32.